The normalized spacial score (nSPS) is 16.5. The summed E-state index contributed by atoms with van der Waals surface area (Å²) in [7, 11) is 24.5. The van der Waals surface area contributed by atoms with E-state index in [9.17, 15) is 10.1 Å². The first kappa shape index (κ1) is 36.5. The number of anilines is 2. The molecule has 1 heterocycles. The van der Waals surface area contributed by atoms with E-state index in [2.05, 4.69) is 96.8 Å². The molecule has 4 rings (SSSR count). The number of nitro benzene ring substituents is 1. The third-order valence-corrected chi connectivity index (χ3v) is 14.9. The minimum atomic E-state index is -5.37. The van der Waals surface area contributed by atoms with Crippen LogP contribution in [-0.2, 0) is 9.72 Å². The zero-order valence-electron chi connectivity index (χ0n) is 28.7. The van der Waals surface area contributed by atoms with Crippen molar-refractivity contribution >= 4 is 55.1 Å². The molecule has 1 fully saturated rings. The van der Waals surface area contributed by atoms with Gasteiger partial charge in [0, 0.05) is 0 Å². The average Bonchev–Trinajstić information content (AvgIpc) is 3.20. The molecule has 7 nitrogen and oxygen atoms in total. The SMILES string of the molecule is Cc1cc(C)c(N2CC(C[N+](C)(C)C)N(c3c(C)cc(C)cc3C)[C]2=[Ru]([Cl])([Cl])([Cl])=[CH]c2cc([N+](=O)[O-])ccc2OC(C)C)c(C)c1. The molecular weight excluding hydrogens is 732 g/mol. The van der Waals surface area contributed by atoms with Crippen molar-refractivity contribution in [1.29, 1.82) is 0 Å². The summed E-state index contributed by atoms with van der Waals surface area (Å²) in [4.78, 5) is 15.9. The van der Waals surface area contributed by atoms with Crippen LogP contribution in [0.25, 0.3) is 0 Å². The van der Waals surface area contributed by atoms with Crippen LogP contribution >= 0.6 is 29.1 Å². The number of nitrogens with zero attached hydrogens (tertiary/aromatic N) is 4. The maximum atomic E-state index is 11.9. The van der Waals surface area contributed by atoms with E-state index >= 15 is 0 Å². The van der Waals surface area contributed by atoms with Gasteiger partial charge in [0.1, 0.15) is 0 Å². The zero-order valence-corrected chi connectivity index (χ0v) is 32.7. The number of nitro groups is 1. The molecule has 1 saturated heterocycles. The third-order valence-electron chi connectivity index (χ3n) is 7.82. The third kappa shape index (κ3) is 7.85. The van der Waals surface area contributed by atoms with Gasteiger partial charge in [-0.25, -0.2) is 0 Å². The zero-order chi connectivity index (χ0) is 34.5. The molecule has 0 N–H and O–H groups in total. The number of non-ortho nitro benzene ring substituents is 1. The van der Waals surface area contributed by atoms with Crippen LogP contribution in [0.2, 0.25) is 0 Å². The number of hydrogen-bond acceptors (Lipinski definition) is 5. The fourth-order valence-corrected chi connectivity index (χ4v) is 14.4. The Morgan fingerprint density at radius 3 is 1.87 bits per heavy atom. The average molecular weight is 779 g/mol. The molecule has 1 aliphatic rings. The van der Waals surface area contributed by atoms with E-state index in [1.807, 2.05) is 13.8 Å². The van der Waals surface area contributed by atoms with Crippen molar-refractivity contribution in [3.63, 3.8) is 0 Å². The molecule has 1 atom stereocenters. The van der Waals surface area contributed by atoms with Crippen molar-refractivity contribution < 1.29 is 23.9 Å². The van der Waals surface area contributed by atoms with Crippen molar-refractivity contribution in [3.8, 4) is 5.75 Å². The molecule has 253 valence electrons. The van der Waals surface area contributed by atoms with E-state index in [0.29, 0.717) is 26.7 Å². The summed E-state index contributed by atoms with van der Waals surface area (Å²) in [5.74, 6) is 0.430. The van der Waals surface area contributed by atoms with Crippen LogP contribution in [0.4, 0.5) is 17.1 Å². The Hall–Kier alpha value is -2.35. The number of hydrogen-bond donors (Lipinski definition) is 0. The van der Waals surface area contributed by atoms with Crippen LogP contribution in [0.3, 0.4) is 0 Å². The molecule has 3 aromatic rings. The predicted octanol–water partition coefficient (Wildman–Crippen LogP) is 8.72. The van der Waals surface area contributed by atoms with Gasteiger partial charge in [0.15, 0.2) is 0 Å². The van der Waals surface area contributed by atoms with Gasteiger partial charge in [0.25, 0.3) is 0 Å². The standard InChI is InChI=1S/C25H36N3.C10H11NO3.3ClH.Ru/c1-17-10-19(3)24(20(4)11-17)26-14-23(15-28(7,8)9)27(16-26)25-21(5)12-18(2)13-22(25)6;1-7(2)14-10-5-4-9(11(12)13)6-8(10)3;;;;/h10-13,23H,14-15H2,1-9H3;3-7H,1-2H3;3*1H;/q+1;;;;;+3/p-3. The first-order valence-electron chi connectivity index (χ1n) is 15.2. The summed E-state index contributed by atoms with van der Waals surface area (Å²) >= 11 is 0. The molecule has 0 aliphatic carbocycles. The van der Waals surface area contributed by atoms with Crippen molar-refractivity contribution in [2.75, 3.05) is 44.0 Å². The fourth-order valence-electron chi connectivity index (χ4n) is 6.64. The first-order chi connectivity index (χ1) is 21.1. The number of ether oxygens (including phenoxy) is 1. The van der Waals surface area contributed by atoms with Crippen LogP contribution < -0.4 is 14.5 Å². The van der Waals surface area contributed by atoms with Gasteiger partial charge in [0.05, 0.1) is 0 Å². The Morgan fingerprint density at radius 2 is 1.41 bits per heavy atom. The van der Waals surface area contributed by atoms with Crippen molar-refractivity contribution in [1.82, 2.24) is 0 Å². The topological polar surface area (TPSA) is 58.9 Å². The van der Waals surface area contributed by atoms with Gasteiger partial charge in [-0.2, -0.15) is 0 Å². The van der Waals surface area contributed by atoms with Gasteiger partial charge < -0.3 is 0 Å². The summed E-state index contributed by atoms with van der Waals surface area (Å²) in [5.41, 5.74) is 8.99. The van der Waals surface area contributed by atoms with Crippen LogP contribution in [-0.4, -0.2) is 64.7 Å². The Balaban J connectivity index is 2.25. The number of benzene rings is 3. The van der Waals surface area contributed by atoms with Crippen LogP contribution in [0.1, 0.15) is 52.8 Å². The van der Waals surface area contributed by atoms with E-state index in [0.717, 1.165) is 51.3 Å². The van der Waals surface area contributed by atoms with Crippen LogP contribution in [0.5, 0.6) is 5.75 Å². The number of rotatable bonds is 8. The molecule has 1 unspecified atom stereocenters. The molecule has 0 saturated carbocycles. The monoisotopic (exact) mass is 778 g/mol. The Kier molecular flexibility index (Phi) is 10.3. The molecule has 1 aliphatic heterocycles. The molecule has 0 spiro atoms. The van der Waals surface area contributed by atoms with E-state index < -0.39 is 14.6 Å². The van der Waals surface area contributed by atoms with Gasteiger partial charge in [-0.05, 0) is 0 Å². The molecule has 0 bridgehead atoms. The summed E-state index contributed by atoms with van der Waals surface area (Å²) in [6.45, 7) is 17.8. The Morgan fingerprint density at radius 1 is 0.913 bits per heavy atom. The van der Waals surface area contributed by atoms with Crippen LogP contribution in [0, 0.1) is 51.7 Å². The Bertz CT molecular complexity index is 1800. The molecular formula is C35H47Cl3N4O3Ru+. The van der Waals surface area contributed by atoms with E-state index in [-0.39, 0.29) is 17.8 Å². The molecule has 0 radical (unpaired) electrons. The number of quaternary nitrogens is 1. The maximum absolute atomic E-state index is 11.9. The predicted molar refractivity (Wildman–Crippen MR) is 194 cm³/mol. The van der Waals surface area contributed by atoms with E-state index in [1.165, 1.54) is 12.1 Å². The second-order valence-electron chi connectivity index (χ2n) is 13.8. The van der Waals surface area contributed by atoms with Gasteiger partial charge in [-0.15, -0.1) is 0 Å². The first-order valence-corrected chi connectivity index (χ1v) is 23.8. The molecule has 0 aromatic heterocycles. The van der Waals surface area contributed by atoms with E-state index in [1.54, 1.807) is 10.7 Å². The quantitative estimate of drug-likeness (QED) is 0.0992. The summed E-state index contributed by atoms with van der Waals surface area (Å²) in [5, 5.41) is 11.9. The van der Waals surface area contributed by atoms with E-state index in [4.69, 9.17) is 33.8 Å². The molecule has 11 heteroatoms. The fraction of sp³-hybridized carbons (Fsp3) is 0.429. The van der Waals surface area contributed by atoms with Crippen molar-refractivity contribution in [3.05, 3.63) is 91.5 Å². The van der Waals surface area contributed by atoms with Gasteiger partial charge >= 0.3 is 288 Å². The van der Waals surface area contributed by atoms with Gasteiger partial charge in [-0.3, -0.25) is 0 Å². The molecule has 46 heavy (non-hydrogen) atoms. The van der Waals surface area contributed by atoms with Crippen molar-refractivity contribution in [2.45, 2.75) is 67.5 Å². The molecule has 0 amide bonds. The Labute approximate surface area is 286 Å². The van der Waals surface area contributed by atoms with Crippen molar-refractivity contribution in [2.24, 2.45) is 0 Å². The number of halogens is 3. The van der Waals surface area contributed by atoms with Gasteiger partial charge in [-0.1, -0.05) is 0 Å². The summed E-state index contributed by atoms with van der Waals surface area (Å²) in [6, 6.07) is 13.1. The summed E-state index contributed by atoms with van der Waals surface area (Å²) in [6.07, 6.45) is -0.192. The minimum absolute atomic E-state index is 0.0458. The molecule has 3 aromatic carbocycles. The second kappa shape index (κ2) is 12.9. The van der Waals surface area contributed by atoms with Crippen LogP contribution in [0.15, 0.2) is 42.5 Å². The summed E-state index contributed by atoms with van der Waals surface area (Å²) < 4.78 is 9.09. The number of aryl methyl sites for hydroxylation is 6. The van der Waals surface area contributed by atoms with Gasteiger partial charge in [0.2, 0.25) is 0 Å². The second-order valence-corrected chi connectivity index (χ2v) is 30.7. The number of likely N-dealkylation sites (N-methyl/N-ethyl adjacent to an activating group) is 1.